The molecule has 1 heterocycles. The minimum Gasteiger partial charge on any atom is -0.373 e. The fraction of sp³-hybridized carbons (Fsp3) is 0.778. The average molecular weight is 219 g/mol. The topological polar surface area (TPSA) is 48.2 Å². The lowest BCUT2D eigenvalue weighted by Crippen LogP contribution is -1.96. The first-order chi connectivity index (χ1) is 6.86. The van der Waals surface area contributed by atoms with E-state index in [1.165, 1.54) is 0 Å². The van der Waals surface area contributed by atoms with E-state index in [1.54, 1.807) is 0 Å². The largest absolute Gasteiger partial charge is 0.373 e. The fourth-order valence-corrected chi connectivity index (χ4v) is 1.11. The molecule has 0 bridgehead atoms. The van der Waals surface area contributed by atoms with Gasteiger partial charge in [0.1, 0.15) is 6.61 Å². The zero-order chi connectivity index (χ0) is 10.2. The predicted molar refractivity (Wildman–Crippen MR) is 53.3 cm³/mol. The summed E-state index contributed by atoms with van der Waals surface area (Å²) in [6.45, 7) is 3.21. The molecule has 14 heavy (non-hydrogen) atoms. The third-order valence-electron chi connectivity index (χ3n) is 1.61. The Morgan fingerprint density at radius 2 is 2.36 bits per heavy atom. The summed E-state index contributed by atoms with van der Waals surface area (Å²) < 4.78 is 10.3. The van der Waals surface area contributed by atoms with E-state index in [1.807, 2.05) is 0 Å². The molecule has 0 aliphatic carbocycles. The Morgan fingerprint density at radius 3 is 3.07 bits per heavy atom. The normalized spacial score (nSPS) is 10.7. The van der Waals surface area contributed by atoms with Crippen molar-refractivity contribution in [1.29, 1.82) is 0 Å². The van der Waals surface area contributed by atoms with Gasteiger partial charge < -0.3 is 9.26 Å². The van der Waals surface area contributed by atoms with Gasteiger partial charge in [-0.2, -0.15) is 4.98 Å². The number of aromatic nitrogens is 2. The van der Waals surface area contributed by atoms with Crippen molar-refractivity contribution in [2.24, 2.45) is 0 Å². The molecule has 0 aliphatic rings. The van der Waals surface area contributed by atoms with Gasteiger partial charge in [0.15, 0.2) is 5.82 Å². The van der Waals surface area contributed by atoms with E-state index in [-0.39, 0.29) is 0 Å². The number of alkyl halides is 1. The van der Waals surface area contributed by atoms with Gasteiger partial charge in [0.05, 0.1) is 0 Å². The Labute approximate surface area is 88.6 Å². The van der Waals surface area contributed by atoms with E-state index >= 15 is 0 Å². The molecule has 0 radical (unpaired) electrons. The first kappa shape index (κ1) is 11.5. The van der Waals surface area contributed by atoms with Crippen LogP contribution >= 0.6 is 11.6 Å². The van der Waals surface area contributed by atoms with E-state index in [0.717, 1.165) is 25.9 Å². The molecule has 0 N–H and O–H groups in total. The molecule has 1 aromatic rings. The van der Waals surface area contributed by atoms with Crippen LogP contribution in [0.4, 0.5) is 0 Å². The van der Waals surface area contributed by atoms with Crippen molar-refractivity contribution in [3.63, 3.8) is 0 Å². The monoisotopic (exact) mass is 218 g/mol. The molecule has 4 nitrogen and oxygen atoms in total. The number of hydrogen-bond acceptors (Lipinski definition) is 4. The lowest BCUT2D eigenvalue weighted by atomic mass is 10.3. The molecule has 0 saturated carbocycles. The molecule has 1 rings (SSSR count). The van der Waals surface area contributed by atoms with Crippen molar-refractivity contribution >= 4 is 11.6 Å². The standard InChI is InChI=1S/C9H15ClN2O2/c1-2-6-13-7-8-11-9(14-12-8)4-3-5-10/h2-7H2,1H3. The van der Waals surface area contributed by atoms with Gasteiger partial charge in [0.2, 0.25) is 5.89 Å². The van der Waals surface area contributed by atoms with E-state index in [0.29, 0.717) is 24.2 Å². The Balaban J connectivity index is 2.27. The Hall–Kier alpha value is -0.610. The van der Waals surface area contributed by atoms with Crippen LogP contribution in [0.1, 0.15) is 31.5 Å². The summed E-state index contributed by atoms with van der Waals surface area (Å²) in [5, 5.41) is 3.79. The quantitative estimate of drug-likeness (QED) is 0.520. The van der Waals surface area contributed by atoms with Crippen LogP contribution in [0.3, 0.4) is 0 Å². The Kier molecular flexibility index (Phi) is 5.56. The highest BCUT2D eigenvalue weighted by Gasteiger charge is 2.05. The van der Waals surface area contributed by atoms with Crippen molar-refractivity contribution in [3.05, 3.63) is 11.7 Å². The highest BCUT2D eigenvalue weighted by Crippen LogP contribution is 2.02. The number of nitrogens with zero attached hydrogens (tertiary/aromatic N) is 2. The highest BCUT2D eigenvalue weighted by atomic mass is 35.5. The molecular formula is C9H15ClN2O2. The molecule has 0 fully saturated rings. The zero-order valence-electron chi connectivity index (χ0n) is 8.33. The molecule has 0 spiro atoms. The second-order valence-corrected chi connectivity index (χ2v) is 3.33. The maximum atomic E-state index is 5.55. The Morgan fingerprint density at radius 1 is 1.50 bits per heavy atom. The summed E-state index contributed by atoms with van der Waals surface area (Å²) in [6, 6.07) is 0. The van der Waals surface area contributed by atoms with Gasteiger partial charge >= 0.3 is 0 Å². The summed E-state index contributed by atoms with van der Waals surface area (Å²) in [5.41, 5.74) is 0. The molecule has 0 unspecified atom stereocenters. The summed E-state index contributed by atoms with van der Waals surface area (Å²) >= 11 is 5.55. The van der Waals surface area contributed by atoms with Crippen LogP contribution in [0.25, 0.3) is 0 Å². The fourth-order valence-electron chi connectivity index (χ4n) is 0.976. The van der Waals surface area contributed by atoms with Gasteiger partial charge in [0, 0.05) is 18.9 Å². The molecule has 80 valence electrons. The van der Waals surface area contributed by atoms with Crippen LogP contribution in [-0.2, 0) is 17.8 Å². The van der Waals surface area contributed by atoms with E-state index < -0.39 is 0 Å². The molecular weight excluding hydrogens is 204 g/mol. The van der Waals surface area contributed by atoms with Crippen molar-refractivity contribution < 1.29 is 9.26 Å². The first-order valence-corrected chi connectivity index (χ1v) is 5.35. The van der Waals surface area contributed by atoms with Gasteiger partial charge in [-0.25, -0.2) is 0 Å². The number of halogens is 1. The van der Waals surface area contributed by atoms with Crippen LogP contribution < -0.4 is 0 Å². The molecule has 1 aromatic heterocycles. The lowest BCUT2D eigenvalue weighted by molar-refractivity contribution is 0.114. The number of rotatable bonds is 7. The average Bonchev–Trinajstić information content (AvgIpc) is 2.63. The summed E-state index contributed by atoms with van der Waals surface area (Å²) in [4.78, 5) is 4.16. The van der Waals surface area contributed by atoms with Crippen LogP contribution in [0, 0.1) is 0 Å². The predicted octanol–water partition coefficient (Wildman–Crippen LogP) is 2.17. The van der Waals surface area contributed by atoms with Gasteiger partial charge in [-0.3, -0.25) is 0 Å². The van der Waals surface area contributed by atoms with Crippen molar-refractivity contribution in [2.45, 2.75) is 32.8 Å². The van der Waals surface area contributed by atoms with Gasteiger partial charge in [-0.15, -0.1) is 11.6 Å². The molecule has 0 aliphatic heterocycles. The smallest absolute Gasteiger partial charge is 0.226 e. The van der Waals surface area contributed by atoms with E-state index in [4.69, 9.17) is 20.9 Å². The molecule has 0 saturated heterocycles. The minimum absolute atomic E-state index is 0.429. The zero-order valence-corrected chi connectivity index (χ0v) is 9.09. The third kappa shape index (κ3) is 4.07. The number of hydrogen-bond donors (Lipinski definition) is 0. The highest BCUT2D eigenvalue weighted by molar-refractivity contribution is 6.17. The molecule has 0 aromatic carbocycles. The summed E-state index contributed by atoms with van der Waals surface area (Å²) in [6.07, 6.45) is 2.60. The van der Waals surface area contributed by atoms with Crippen LogP contribution in [0.5, 0.6) is 0 Å². The van der Waals surface area contributed by atoms with Crippen molar-refractivity contribution in [1.82, 2.24) is 10.1 Å². The van der Waals surface area contributed by atoms with Crippen molar-refractivity contribution in [3.8, 4) is 0 Å². The number of aryl methyl sites for hydroxylation is 1. The third-order valence-corrected chi connectivity index (χ3v) is 1.88. The first-order valence-electron chi connectivity index (χ1n) is 4.82. The van der Waals surface area contributed by atoms with E-state index in [9.17, 15) is 0 Å². The minimum atomic E-state index is 0.429. The van der Waals surface area contributed by atoms with Gasteiger partial charge in [-0.1, -0.05) is 12.1 Å². The molecule has 0 atom stereocenters. The molecule has 5 heteroatoms. The molecule has 0 amide bonds. The van der Waals surface area contributed by atoms with Crippen LogP contribution in [0.2, 0.25) is 0 Å². The van der Waals surface area contributed by atoms with Crippen molar-refractivity contribution in [2.75, 3.05) is 12.5 Å². The summed E-state index contributed by atoms with van der Waals surface area (Å²) in [7, 11) is 0. The SMILES string of the molecule is CCCOCc1noc(CCCCl)n1. The van der Waals surface area contributed by atoms with Gasteiger partial charge in [-0.05, 0) is 12.8 Å². The van der Waals surface area contributed by atoms with Crippen LogP contribution in [-0.4, -0.2) is 22.6 Å². The maximum Gasteiger partial charge on any atom is 0.226 e. The number of ether oxygens (including phenoxy) is 1. The van der Waals surface area contributed by atoms with Gasteiger partial charge in [0.25, 0.3) is 0 Å². The Bertz CT molecular complexity index is 253. The maximum absolute atomic E-state index is 5.55. The summed E-state index contributed by atoms with van der Waals surface area (Å²) in [5.74, 6) is 1.87. The lowest BCUT2D eigenvalue weighted by Gasteiger charge is -1.95. The second-order valence-electron chi connectivity index (χ2n) is 2.95. The second kappa shape index (κ2) is 6.79. The van der Waals surface area contributed by atoms with Crippen LogP contribution in [0.15, 0.2) is 4.52 Å². The van der Waals surface area contributed by atoms with E-state index in [2.05, 4.69) is 17.1 Å².